The molecule has 30 heavy (non-hydrogen) atoms. The molecular formula is C24H50O5Si. The van der Waals surface area contributed by atoms with Gasteiger partial charge >= 0.3 is 8.80 Å². The Bertz CT molecular complexity index is 384. The van der Waals surface area contributed by atoms with E-state index in [1.54, 1.807) is 7.11 Å². The predicted molar refractivity (Wildman–Crippen MR) is 126 cm³/mol. The number of ether oxygens (including phenoxy) is 1. The average molecular weight is 447 g/mol. The first-order valence-corrected chi connectivity index (χ1v) is 14.7. The van der Waals surface area contributed by atoms with Crippen molar-refractivity contribution in [3.8, 4) is 0 Å². The van der Waals surface area contributed by atoms with Crippen molar-refractivity contribution >= 4 is 8.80 Å². The van der Waals surface area contributed by atoms with Crippen LogP contribution in [0.5, 0.6) is 0 Å². The van der Waals surface area contributed by atoms with Gasteiger partial charge in [0, 0.05) is 33.0 Å². The second-order valence-corrected chi connectivity index (χ2v) is 11.8. The molecule has 0 bridgehead atoms. The van der Waals surface area contributed by atoms with Crippen LogP contribution in [0, 0.1) is 5.92 Å². The lowest BCUT2D eigenvalue weighted by molar-refractivity contribution is -0.0727. The normalized spacial score (nSPS) is 22.5. The molecule has 3 unspecified atom stereocenters. The van der Waals surface area contributed by atoms with E-state index in [0.717, 1.165) is 70.8 Å². The van der Waals surface area contributed by atoms with Gasteiger partial charge in [0.1, 0.15) is 0 Å². The van der Waals surface area contributed by atoms with Crippen LogP contribution >= 0.6 is 0 Å². The minimum atomic E-state index is -2.63. The fraction of sp³-hybridized carbons (Fsp3) is 1.00. The molecule has 0 radical (unpaired) electrons. The molecule has 1 rings (SSSR count). The molecule has 0 saturated heterocycles. The van der Waals surface area contributed by atoms with Gasteiger partial charge in [0.15, 0.2) is 0 Å². The Kier molecular flexibility index (Phi) is 16.4. The van der Waals surface area contributed by atoms with Crippen molar-refractivity contribution in [3.05, 3.63) is 0 Å². The van der Waals surface area contributed by atoms with Crippen molar-refractivity contribution in [3.63, 3.8) is 0 Å². The molecule has 0 aliphatic heterocycles. The zero-order valence-electron chi connectivity index (χ0n) is 20.3. The van der Waals surface area contributed by atoms with E-state index >= 15 is 0 Å². The monoisotopic (exact) mass is 446 g/mol. The maximum atomic E-state index is 10.4. The molecule has 1 saturated carbocycles. The fourth-order valence-electron chi connectivity index (χ4n) is 4.17. The Morgan fingerprint density at radius 2 is 1.37 bits per heavy atom. The third kappa shape index (κ3) is 11.6. The van der Waals surface area contributed by atoms with E-state index in [2.05, 4.69) is 20.8 Å². The smallest absolute Gasteiger partial charge is 0.390 e. The molecule has 0 aromatic rings. The van der Waals surface area contributed by atoms with Gasteiger partial charge in [-0.1, -0.05) is 59.3 Å². The van der Waals surface area contributed by atoms with E-state index in [1.807, 2.05) is 0 Å². The van der Waals surface area contributed by atoms with Gasteiger partial charge in [-0.15, -0.1) is 0 Å². The van der Waals surface area contributed by atoms with Gasteiger partial charge in [-0.2, -0.15) is 0 Å². The Balaban J connectivity index is 2.54. The standard InChI is InChI=1S/C24H50O5Si/c1-5-8-11-17-27-24-21-22(14-15-23(24)25)16-20-30(26-4,28-18-12-9-6-2)29-19-13-10-7-3/h22-25H,5-21H2,1-4H3. The molecule has 0 aromatic carbocycles. The molecule has 6 heteroatoms. The predicted octanol–water partition coefficient (Wildman–Crippen LogP) is 6.11. The zero-order chi connectivity index (χ0) is 22.1. The van der Waals surface area contributed by atoms with Crippen LogP contribution < -0.4 is 0 Å². The number of aliphatic hydroxyl groups excluding tert-OH is 1. The maximum Gasteiger partial charge on any atom is 0.500 e. The summed E-state index contributed by atoms with van der Waals surface area (Å²) in [5.41, 5.74) is 0. The van der Waals surface area contributed by atoms with Crippen molar-refractivity contribution in [2.75, 3.05) is 26.9 Å². The van der Waals surface area contributed by atoms with Crippen LogP contribution in [-0.2, 0) is 18.0 Å². The molecule has 1 N–H and O–H groups in total. The summed E-state index contributed by atoms with van der Waals surface area (Å²) in [6.45, 7) is 8.84. The molecular weight excluding hydrogens is 396 g/mol. The van der Waals surface area contributed by atoms with Crippen LogP contribution in [0.25, 0.3) is 0 Å². The van der Waals surface area contributed by atoms with Crippen LogP contribution in [0.3, 0.4) is 0 Å². The van der Waals surface area contributed by atoms with Crippen molar-refractivity contribution < 1.29 is 23.1 Å². The maximum absolute atomic E-state index is 10.4. The fourth-order valence-corrected chi connectivity index (χ4v) is 6.65. The van der Waals surface area contributed by atoms with Crippen LogP contribution in [0.4, 0.5) is 0 Å². The van der Waals surface area contributed by atoms with Crippen molar-refractivity contribution in [2.24, 2.45) is 5.92 Å². The van der Waals surface area contributed by atoms with Crippen molar-refractivity contribution in [2.45, 2.75) is 122 Å². The van der Waals surface area contributed by atoms with Gasteiger partial charge in [0.2, 0.25) is 0 Å². The first-order chi connectivity index (χ1) is 14.6. The minimum absolute atomic E-state index is 0.0184. The molecule has 1 aliphatic carbocycles. The summed E-state index contributed by atoms with van der Waals surface area (Å²) < 4.78 is 24.6. The summed E-state index contributed by atoms with van der Waals surface area (Å²) in [5.74, 6) is 0.546. The van der Waals surface area contributed by atoms with Crippen LogP contribution in [0.1, 0.15) is 104 Å². The third-order valence-corrected chi connectivity index (χ3v) is 9.07. The topological polar surface area (TPSA) is 57.2 Å². The lowest BCUT2D eigenvalue weighted by Gasteiger charge is -2.35. The highest BCUT2D eigenvalue weighted by molar-refractivity contribution is 6.60. The largest absolute Gasteiger partial charge is 0.500 e. The van der Waals surface area contributed by atoms with Gasteiger partial charge in [0.05, 0.1) is 12.2 Å². The van der Waals surface area contributed by atoms with Crippen LogP contribution in [0.15, 0.2) is 0 Å². The molecule has 0 heterocycles. The number of hydrogen-bond acceptors (Lipinski definition) is 5. The second kappa shape index (κ2) is 17.6. The molecule has 1 aliphatic rings. The number of rotatable bonds is 19. The molecule has 3 atom stereocenters. The van der Waals surface area contributed by atoms with E-state index < -0.39 is 8.80 Å². The number of unbranched alkanes of at least 4 members (excludes halogenated alkanes) is 6. The average Bonchev–Trinajstić information content (AvgIpc) is 2.76. The first kappa shape index (κ1) is 28.1. The summed E-state index contributed by atoms with van der Waals surface area (Å²) in [6, 6.07) is 0.866. The molecule has 0 aromatic heterocycles. The van der Waals surface area contributed by atoms with Gasteiger partial charge in [0.25, 0.3) is 0 Å². The quantitative estimate of drug-likeness (QED) is 0.191. The number of hydrogen-bond donors (Lipinski definition) is 1. The number of aliphatic hydroxyl groups is 1. The van der Waals surface area contributed by atoms with Crippen molar-refractivity contribution in [1.82, 2.24) is 0 Å². The summed E-state index contributed by atoms with van der Waals surface area (Å²) in [6.07, 6.45) is 13.9. The summed E-state index contributed by atoms with van der Waals surface area (Å²) in [7, 11) is -0.872. The lowest BCUT2D eigenvalue weighted by atomic mass is 9.84. The minimum Gasteiger partial charge on any atom is -0.390 e. The third-order valence-electron chi connectivity index (χ3n) is 6.25. The Hall–Kier alpha value is 0.0169. The molecule has 1 fully saturated rings. The van der Waals surface area contributed by atoms with Gasteiger partial charge in [-0.25, -0.2) is 0 Å². The summed E-state index contributed by atoms with van der Waals surface area (Å²) in [4.78, 5) is 0. The Morgan fingerprint density at radius 1 is 0.800 bits per heavy atom. The first-order valence-electron chi connectivity index (χ1n) is 12.7. The van der Waals surface area contributed by atoms with Crippen LogP contribution in [0.2, 0.25) is 6.04 Å². The zero-order valence-corrected chi connectivity index (χ0v) is 21.3. The lowest BCUT2D eigenvalue weighted by Crippen LogP contribution is -2.46. The molecule has 0 amide bonds. The molecule has 0 spiro atoms. The molecule has 5 nitrogen and oxygen atoms in total. The SMILES string of the molecule is CCCCCOC1CC(CC[Si](OC)(OCCCCC)OCCCCC)CCC1O. The van der Waals surface area contributed by atoms with Crippen LogP contribution in [-0.4, -0.2) is 53.0 Å². The van der Waals surface area contributed by atoms with E-state index in [4.69, 9.17) is 18.0 Å². The highest BCUT2D eigenvalue weighted by atomic mass is 28.4. The summed E-state index contributed by atoms with van der Waals surface area (Å²) in [5, 5.41) is 10.4. The van der Waals surface area contributed by atoms with Gasteiger partial charge < -0.3 is 23.1 Å². The van der Waals surface area contributed by atoms with Gasteiger partial charge in [-0.05, 0) is 50.9 Å². The molecule has 180 valence electrons. The van der Waals surface area contributed by atoms with Gasteiger partial charge in [-0.3, -0.25) is 0 Å². The van der Waals surface area contributed by atoms with Crippen molar-refractivity contribution in [1.29, 1.82) is 0 Å². The van der Waals surface area contributed by atoms with E-state index in [0.29, 0.717) is 5.92 Å². The Labute approximate surface area is 187 Å². The highest BCUT2D eigenvalue weighted by Gasteiger charge is 2.41. The summed E-state index contributed by atoms with van der Waals surface area (Å²) >= 11 is 0. The Morgan fingerprint density at radius 3 is 1.90 bits per heavy atom. The van der Waals surface area contributed by atoms with E-state index in [9.17, 15) is 5.11 Å². The van der Waals surface area contributed by atoms with E-state index in [-0.39, 0.29) is 12.2 Å². The highest BCUT2D eigenvalue weighted by Crippen LogP contribution is 2.33. The van der Waals surface area contributed by atoms with E-state index in [1.165, 1.54) is 38.5 Å². The second-order valence-electron chi connectivity index (χ2n) is 8.90.